The molecular formula is C51H35N3. The molecule has 0 atom stereocenters. The fourth-order valence-electron chi connectivity index (χ4n) is 8.05. The highest BCUT2D eigenvalue weighted by molar-refractivity contribution is 6.33. The summed E-state index contributed by atoms with van der Waals surface area (Å²) in [5, 5.41) is 14.7. The van der Waals surface area contributed by atoms with Crippen molar-refractivity contribution >= 4 is 76.3 Å². The molecule has 0 unspecified atom stereocenters. The Morgan fingerprint density at radius 2 is 0.963 bits per heavy atom. The number of aliphatic imine (C=N–C) groups is 2. The molecule has 0 spiro atoms. The third-order valence-electron chi connectivity index (χ3n) is 10.7. The summed E-state index contributed by atoms with van der Waals surface area (Å²) in [4.78, 5) is 10.2. The summed E-state index contributed by atoms with van der Waals surface area (Å²) in [6.07, 6.45) is 0. The Morgan fingerprint density at radius 1 is 0.407 bits per heavy atom. The molecule has 0 heterocycles. The highest BCUT2D eigenvalue weighted by atomic mass is 15.0. The van der Waals surface area contributed by atoms with Gasteiger partial charge in [0.05, 0.1) is 6.54 Å². The molecule has 10 aromatic carbocycles. The number of fused-ring (bicyclic) bond motifs is 10. The lowest BCUT2D eigenvalue weighted by molar-refractivity contribution is 1.06. The van der Waals surface area contributed by atoms with Gasteiger partial charge in [-0.3, -0.25) is 4.99 Å². The molecular weight excluding hydrogens is 655 g/mol. The van der Waals surface area contributed by atoms with Crippen LogP contribution in [0.3, 0.4) is 0 Å². The van der Waals surface area contributed by atoms with Gasteiger partial charge in [0.2, 0.25) is 0 Å². The van der Waals surface area contributed by atoms with Gasteiger partial charge in [-0.1, -0.05) is 164 Å². The van der Waals surface area contributed by atoms with Gasteiger partial charge in [0.15, 0.2) is 5.84 Å². The van der Waals surface area contributed by atoms with E-state index in [1.807, 2.05) is 18.2 Å². The van der Waals surface area contributed by atoms with Crippen molar-refractivity contribution in [2.75, 3.05) is 0 Å². The van der Waals surface area contributed by atoms with E-state index in [2.05, 4.69) is 170 Å². The van der Waals surface area contributed by atoms with Crippen LogP contribution in [0.1, 0.15) is 16.7 Å². The number of hydrogen-bond acceptors (Lipinski definition) is 1. The van der Waals surface area contributed by atoms with Crippen LogP contribution >= 0.6 is 0 Å². The molecule has 10 aromatic rings. The fraction of sp³-hybridized carbons (Fsp3) is 0.0196. The molecule has 254 valence electrons. The van der Waals surface area contributed by atoms with Crippen molar-refractivity contribution in [1.29, 1.82) is 0 Å². The number of nitrogens with zero attached hydrogens (tertiary/aromatic N) is 2. The highest BCUT2D eigenvalue weighted by Crippen LogP contribution is 2.42. The molecule has 0 fully saturated rings. The Hall–Kier alpha value is -7.10. The number of benzene rings is 10. The van der Waals surface area contributed by atoms with Crippen LogP contribution in [0.5, 0.6) is 0 Å². The second-order valence-electron chi connectivity index (χ2n) is 13.9. The summed E-state index contributed by atoms with van der Waals surface area (Å²) in [6, 6.07) is 66.8. The second kappa shape index (κ2) is 13.1. The predicted octanol–water partition coefficient (Wildman–Crippen LogP) is 12.6. The minimum Gasteiger partial charge on any atom is -0.383 e. The summed E-state index contributed by atoms with van der Waals surface area (Å²) in [6.45, 7) is 0.469. The largest absolute Gasteiger partial charge is 0.383 e. The predicted molar refractivity (Wildman–Crippen MR) is 231 cm³/mol. The van der Waals surface area contributed by atoms with E-state index >= 15 is 0 Å². The van der Waals surface area contributed by atoms with Gasteiger partial charge in [0, 0.05) is 11.1 Å². The Balaban J connectivity index is 1.15. The molecule has 3 heteroatoms. The summed E-state index contributed by atoms with van der Waals surface area (Å²) >= 11 is 0. The molecule has 2 N–H and O–H groups in total. The van der Waals surface area contributed by atoms with E-state index in [4.69, 9.17) is 15.7 Å². The zero-order chi connectivity index (χ0) is 36.0. The summed E-state index contributed by atoms with van der Waals surface area (Å²) < 4.78 is 0. The molecule has 0 saturated carbocycles. The molecule has 54 heavy (non-hydrogen) atoms. The van der Waals surface area contributed by atoms with Gasteiger partial charge in [-0.2, -0.15) is 0 Å². The highest BCUT2D eigenvalue weighted by Gasteiger charge is 2.16. The quantitative estimate of drug-likeness (QED) is 0.109. The summed E-state index contributed by atoms with van der Waals surface area (Å²) in [5.74, 6) is 1.02. The van der Waals surface area contributed by atoms with Crippen LogP contribution < -0.4 is 5.73 Å². The molecule has 0 saturated heterocycles. The zero-order valence-corrected chi connectivity index (χ0v) is 29.6. The minimum atomic E-state index is 0.429. The minimum absolute atomic E-state index is 0.429. The van der Waals surface area contributed by atoms with Gasteiger partial charge in [-0.25, -0.2) is 4.99 Å². The molecule has 0 amide bonds. The van der Waals surface area contributed by atoms with Crippen LogP contribution in [0.15, 0.2) is 198 Å². The van der Waals surface area contributed by atoms with E-state index in [-0.39, 0.29) is 0 Å². The van der Waals surface area contributed by atoms with Crippen LogP contribution in [0.4, 0.5) is 0 Å². The number of nitrogens with two attached hydrogens (primary N) is 1. The molecule has 0 aliphatic rings. The Kier molecular flexibility index (Phi) is 7.70. The first-order valence-electron chi connectivity index (χ1n) is 18.4. The summed E-state index contributed by atoms with van der Waals surface area (Å²) in [7, 11) is 0. The van der Waals surface area contributed by atoms with E-state index in [1.54, 1.807) is 0 Å². The van der Waals surface area contributed by atoms with Crippen LogP contribution in [-0.2, 0) is 6.54 Å². The third kappa shape index (κ3) is 5.55. The lowest BCUT2D eigenvalue weighted by Crippen LogP contribution is -2.16. The van der Waals surface area contributed by atoms with Gasteiger partial charge >= 0.3 is 0 Å². The molecule has 0 aliphatic carbocycles. The van der Waals surface area contributed by atoms with E-state index in [1.165, 1.54) is 59.4 Å². The van der Waals surface area contributed by atoms with Crippen molar-refractivity contribution in [2.45, 2.75) is 6.54 Å². The fourth-order valence-corrected chi connectivity index (χ4v) is 8.05. The SMILES string of the molecule is NC(=NC(=NCc1ccc2ccccc2c1)c1cccc(-c2cc3c4ccccc4c4ccccc4c3c3ccccc23)c1)c1ccc2ccccc2c1. The third-order valence-corrected chi connectivity index (χ3v) is 10.7. The second-order valence-corrected chi connectivity index (χ2v) is 13.9. The first-order valence-corrected chi connectivity index (χ1v) is 18.4. The number of rotatable bonds is 5. The van der Waals surface area contributed by atoms with E-state index < -0.39 is 0 Å². The first-order chi connectivity index (χ1) is 26.7. The van der Waals surface area contributed by atoms with Crippen molar-refractivity contribution in [1.82, 2.24) is 0 Å². The maximum absolute atomic E-state index is 6.82. The molecule has 3 nitrogen and oxygen atoms in total. The Morgan fingerprint density at radius 3 is 1.69 bits per heavy atom. The number of amidine groups is 2. The Labute approximate surface area is 313 Å². The standard InChI is InChI=1S/C51H35N3/c52-50(39-27-26-35-13-2-4-15-37(35)29-39)54-51(53-32-33-24-25-34-12-1-3-14-36(34)28-33)40-17-11-16-38(30-40)47-31-48-43-20-6-5-18-41(43)42-19-7-9-22-45(42)49(48)46-23-10-8-21-44(46)47/h1-31H,32H2,(H2,52,53,54). The average Bonchev–Trinajstić information content (AvgIpc) is 3.24. The number of hydrogen-bond donors (Lipinski definition) is 1. The lowest BCUT2D eigenvalue weighted by atomic mass is 9.87. The van der Waals surface area contributed by atoms with Crippen molar-refractivity contribution in [3.05, 3.63) is 205 Å². The summed E-state index contributed by atoms with van der Waals surface area (Å²) in [5.41, 5.74) is 12.0. The van der Waals surface area contributed by atoms with Crippen LogP contribution in [0.25, 0.3) is 75.8 Å². The maximum atomic E-state index is 6.82. The molecule has 0 bridgehead atoms. The van der Waals surface area contributed by atoms with Crippen molar-refractivity contribution in [3.8, 4) is 11.1 Å². The monoisotopic (exact) mass is 689 g/mol. The lowest BCUT2D eigenvalue weighted by Gasteiger charge is -2.16. The van der Waals surface area contributed by atoms with Gasteiger partial charge in [-0.15, -0.1) is 0 Å². The molecule has 0 radical (unpaired) electrons. The normalized spacial score (nSPS) is 12.4. The van der Waals surface area contributed by atoms with E-state index in [0.29, 0.717) is 18.2 Å². The first kappa shape index (κ1) is 31.6. The van der Waals surface area contributed by atoms with Crippen LogP contribution in [-0.4, -0.2) is 11.7 Å². The van der Waals surface area contributed by atoms with Gasteiger partial charge < -0.3 is 5.73 Å². The van der Waals surface area contributed by atoms with E-state index in [9.17, 15) is 0 Å². The van der Waals surface area contributed by atoms with Crippen LogP contribution in [0.2, 0.25) is 0 Å². The van der Waals surface area contributed by atoms with Crippen molar-refractivity contribution in [2.24, 2.45) is 15.7 Å². The zero-order valence-electron chi connectivity index (χ0n) is 29.6. The topological polar surface area (TPSA) is 50.7 Å². The Bertz CT molecular complexity index is 3150. The van der Waals surface area contributed by atoms with Crippen molar-refractivity contribution < 1.29 is 0 Å². The maximum Gasteiger partial charge on any atom is 0.157 e. The smallest absolute Gasteiger partial charge is 0.157 e. The van der Waals surface area contributed by atoms with Gasteiger partial charge in [0.1, 0.15) is 5.84 Å². The average molecular weight is 690 g/mol. The molecule has 0 aliphatic heterocycles. The molecule has 0 aromatic heterocycles. The molecule has 10 rings (SSSR count). The van der Waals surface area contributed by atoms with Gasteiger partial charge in [-0.05, 0) is 106 Å². The van der Waals surface area contributed by atoms with Crippen molar-refractivity contribution in [3.63, 3.8) is 0 Å². The van der Waals surface area contributed by atoms with Crippen LogP contribution in [0, 0.1) is 0 Å². The van der Waals surface area contributed by atoms with E-state index in [0.717, 1.165) is 33.0 Å². The van der Waals surface area contributed by atoms with Gasteiger partial charge in [0.25, 0.3) is 0 Å².